The zero-order chi connectivity index (χ0) is 18.2. The maximum absolute atomic E-state index is 14.1. The number of anilines is 1. The minimum atomic E-state index is -3.37. The van der Waals surface area contributed by atoms with E-state index in [1.807, 2.05) is 13.8 Å². The van der Waals surface area contributed by atoms with Gasteiger partial charge in [-0.25, -0.2) is 13.8 Å². The van der Waals surface area contributed by atoms with Crippen molar-refractivity contribution in [2.24, 2.45) is 0 Å². The second-order valence-corrected chi connectivity index (χ2v) is 6.33. The standard InChI is InChI=1S/C16H20F2N4O3/c1-8-7-10(19)11-14-21-22-15(25-14)12(23)16(17,18)6-4-3-5-9(2)24-13(8)20-11/h7,9,12,23H,3-6,19H2,1-2H3/t9-,12?/m1/s1. The van der Waals surface area contributed by atoms with Gasteiger partial charge in [-0.05, 0) is 39.2 Å². The highest BCUT2D eigenvalue weighted by molar-refractivity contribution is 5.67. The first-order chi connectivity index (χ1) is 11.8. The molecule has 2 atom stereocenters. The van der Waals surface area contributed by atoms with Crippen molar-refractivity contribution in [1.29, 1.82) is 0 Å². The lowest BCUT2D eigenvalue weighted by Crippen LogP contribution is -2.26. The SMILES string of the molecule is Cc1cc(N)c2nc1O[C@H](C)CCCCC(F)(F)C(O)c1nnc-2o1. The highest BCUT2D eigenvalue weighted by Crippen LogP contribution is 2.37. The Kier molecular flexibility index (Phi) is 4.59. The van der Waals surface area contributed by atoms with Gasteiger partial charge in [0.05, 0.1) is 11.8 Å². The molecule has 25 heavy (non-hydrogen) atoms. The van der Waals surface area contributed by atoms with Crippen LogP contribution in [0.2, 0.25) is 0 Å². The Morgan fingerprint density at radius 3 is 2.84 bits per heavy atom. The number of hydrogen-bond donors (Lipinski definition) is 2. The van der Waals surface area contributed by atoms with Gasteiger partial charge >= 0.3 is 0 Å². The third kappa shape index (κ3) is 3.55. The molecule has 9 heteroatoms. The predicted octanol–water partition coefficient (Wildman–Crippen LogP) is 3.03. The predicted molar refractivity (Wildman–Crippen MR) is 85.1 cm³/mol. The van der Waals surface area contributed by atoms with E-state index in [4.69, 9.17) is 14.9 Å². The largest absolute Gasteiger partial charge is 0.474 e. The fourth-order valence-electron chi connectivity index (χ4n) is 2.71. The van der Waals surface area contributed by atoms with Crippen LogP contribution in [0.3, 0.4) is 0 Å². The van der Waals surface area contributed by atoms with Crippen molar-refractivity contribution in [2.45, 2.75) is 57.7 Å². The number of aliphatic hydroxyl groups excluding tert-OH is 1. The first kappa shape index (κ1) is 17.5. The van der Waals surface area contributed by atoms with Crippen LogP contribution in [0.4, 0.5) is 14.5 Å². The first-order valence-electron chi connectivity index (χ1n) is 8.11. The number of hydrogen-bond acceptors (Lipinski definition) is 7. The minimum Gasteiger partial charge on any atom is -0.474 e. The average Bonchev–Trinajstić information content (AvgIpc) is 3.02. The smallest absolute Gasteiger partial charge is 0.282 e. The molecule has 0 saturated heterocycles. The van der Waals surface area contributed by atoms with Crippen molar-refractivity contribution < 1.29 is 23.0 Å². The normalized spacial score (nSPS) is 23.6. The summed E-state index contributed by atoms with van der Waals surface area (Å²) in [6.45, 7) is 3.66. The Balaban J connectivity index is 2.07. The zero-order valence-corrected chi connectivity index (χ0v) is 14.0. The van der Waals surface area contributed by atoms with Gasteiger partial charge in [0.15, 0.2) is 11.8 Å². The molecule has 2 aromatic rings. The first-order valence-corrected chi connectivity index (χ1v) is 8.11. The van der Waals surface area contributed by atoms with Crippen molar-refractivity contribution in [3.05, 3.63) is 17.5 Å². The lowest BCUT2D eigenvalue weighted by atomic mass is 10.0. The molecular weight excluding hydrogens is 334 g/mol. The molecule has 2 aromatic heterocycles. The molecule has 1 aliphatic rings. The number of alkyl halides is 2. The van der Waals surface area contributed by atoms with Crippen LogP contribution in [0.5, 0.6) is 5.88 Å². The molecule has 3 rings (SSSR count). The van der Waals surface area contributed by atoms with Gasteiger partial charge in [-0.1, -0.05) is 0 Å². The number of aliphatic hydroxyl groups is 1. The van der Waals surface area contributed by atoms with E-state index in [0.717, 1.165) is 5.56 Å². The molecule has 0 aliphatic carbocycles. The molecule has 0 radical (unpaired) electrons. The molecule has 1 unspecified atom stereocenters. The molecule has 3 heterocycles. The molecule has 0 amide bonds. The number of ether oxygens (including phenoxy) is 1. The van der Waals surface area contributed by atoms with Crippen LogP contribution in [0.1, 0.15) is 50.2 Å². The van der Waals surface area contributed by atoms with Gasteiger partial charge in [-0.15, -0.1) is 10.2 Å². The molecule has 136 valence electrons. The van der Waals surface area contributed by atoms with Crippen molar-refractivity contribution in [3.63, 3.8) is 0 Å². The number of nitrogen functional groups attached to an aromatic ring is 1. The molecule has 4 bridgehead atoms. The van der Waals surface area contributed by atoms with Gasteiger partial charge in [0.25, 0.3) is 17.7 Å². The van der Waals surface area contributed by atoms with E-state index in [9.17, 15) is 13.9 Å². The van der Waals surface area contributed by atoms with Gasteiger partial charge in [0, 0.05) is 12.0 Å². The molecular formula is C16H20F2N4O3. The highest BCUT2D eigenvalue weighted by atomic mass is 19.3. The summed E-state index contributed by atoms with van der Waals surface area (Å²) in [5.41, 5.74) is 7.07. The van der Waals surface area contributed by atoms with Gasteiger partial charge in [0.2, 0.25) is 5.88 Å². The van der Waals surface area contributed by atoms with Gasteiger partial charge in [-0.2, -0.15) is 0 Å². The molecule has 0 aromatic carbocycles. The van der Waals surface area contributed by atoms with E-state index in [2.05, 4.69) is 15.2 Å². The van der Waals surface area contributed by atoms with Crippen LogP contribution in [0, 0.1) is 6.92 Å². The maximum Gasteiger partial charge on any atom is 0.282 e. The van der Waals surface area contributed by atoms with Crippen LogP contribution in [-0.4, -0.2) is 32.3 Å². The molecule has 3 N–H and O–H groups in total. The van der Waals surface area contributed by atoms with Crippen molar-refractivity contribution >= 4 is 5.69 Å². The van der Waals surface area contributed by atoms with E-state index in [0.29, 0.717) is 18.7 Å². The third-order valence-corrected chi connectivity index (χ3v) is 4.16. The van der Waals surface area contributed by atoms with Crippen molar-refractivity contribution in [3.8, 4) is 17.5 Å². The molecule has 1 aliphatic heterocycles. The monoisotopic (exact) mass is 354 g/mol. The lowest BCUT2D eigenvalue weighted by molar-refractivity contribution is -0.126. The summed E-state index contributed by atoms with van der Waals surface area (Å²) >= 11 is 0. The number of nitrogens with two attached hydrogens (primary N) is 1. The number of aromatic nitrogens is 3. The quantitative estimate of drug-likeness (QED) is 0.748. The summed E-state index contributed by atoms with van der Waals surface area (Å²) in [7, 11) is 0. The Morgan fingerprint density at radius 2 is 2.08 bits per heavy atom. The number of halogens is 2. The van der Waals surface area contributed by atoms with E-state index < -0.39 is 24.3 Å². The van der Waals surface area contributed by atoms with Crippen LogP contribution in [0.25, 0.3) is 11.6 Å². The minimum absolute atomic E-state index is 0.138. The number of pyridine rings is 1. The topological polar surface area (TPSA) is 107 Å². The van der Waals surface area contributed by atoms with Crippen molar-refractivity contribution in [2.75, 3.05) is 5.73 Å². The number of nitrogens with zero attached hydrogens (tertiary/aromatic N) is 3. The average molecular weight is 354 g/mol. The summed E-state index contributed by atoms with van der Waals surface area (Å²) in [4.78, 5) is 4.30. The van der Waals surface area contributed by atoms with Crippen LogP contribution in [0.15, 0.2) is 10.5 Å². The molecule has 0 spiro atoms. The maximum atomic E-state index is 14.1. The summed E-state index contributed by atoms with van der Waals surface area (Å²) < 4.78 is 39.3. The zero-order valence-electron chi connectivity index (χ0n) is 14.0. The highest BCUT2D eigenvalue weighted by Gasteiger charge is 2.42. The fourth-order valence-corrected chi connectivity index (χ4v) is 2.71. The third-order valence-electron chi connectivity index (χ3n) is 4.16. The van der Waals surface area contributed by atoms with Crippen molar-refractivity contribution in [1.82, 2.24) is 15.2 Å². The van der Waals surface area contributed by atoms with E-state index in [1.165, 1.54) is 0 Å². The van der Waals surface area contributed by atoms with Gasteiger partial charge in [-0.3, -0.25) is 0 Å². The Bertz CT molecular complexity index is 766. The van der Waals surface area contributed by atoms with Crippen LogP contribution in [-0.2, 0) is 0 Å². The van der Waals surface area contributed by atoms with E-state index >= 15 is 0 Å². The van der Waals surface area contributed by atoms with Gasteiger partial charge < -0.3 is 20.0 Å². The van der Waals surface area contributed by atoms with E-state index in [1.54, 1.807) is 6.07 Å². The summed E-state index contributed by atoms with van der Waals surface area (Å²) in [6.07, 6.45) is -1.51. The second kappa shape index (κ2) is 6.55. The van der Waals surface area contributed by atoms with Gasteiger partial charge in [0.1, 0.15) is 0 Å². The van der Waals surface area contributed by atoms with E-state index in [-0.39, 0.29) is 29.8 Å². The Labute approximate surface area is 143 Å². The molecule has 7 nitrogen and oxygen atoms in total. The Hall–Kier alpha value is -2.29. The lowest BCUT2D eigenvalue weighted by Gasteiger charge is -2.21. The second-order valence-electron chi connectivity index (χ2n) is 6.33. The summed E-state index contributed by atoms with van der Waals surface area (Å²) in [5.74, 6) is -3.69. The number of aryl methyl sites for hydroxylation is 1. The summed E-state index contributed by atoms with van der Waals surface area (Å²) in [5, 5.41) is 17.2. The number of rotatable bonds is 0. The van der Waals surface area contributed by atoms with Crippen LogP contribution < -0.4 is 10.5 Å². The molecule has 0 saturated carbocycles. The summed E-state index contributed by atoms with van der Waals surface area (Å²) in [6, 6.07) is 1.64. The number of fused-ring (bicyclic) bond motifs is 5. The Morgan fingerprint density at radius 1 is 1.32 bits per heavy atom. The molecule has 0 fully saturated rings. The fraction of sp³-hybridized carbons (Fsp3) is 0.562. The van der Waals surface area contributed by atoms with Crippen LogP contribution >= 0.6 is 0 Å².